The smallest absolute Gasteiger partial charge is 0.191 e. The summed E-state index contributed by atoms with van der Waals surface area (Å²) in [4.78, 5) is 9.43. The number of guanidine groups is 1. The Balaban J connectivity index is 1.99. The Morgan fingerprint density at radius 2 is 2.00 bits per heavy atom. The van der Waals surface area contributed by atoms with Crippen LogP contribution in [0.4, 0.5) is 4.39 Å². The summed E-state index contributed by atoms with van der Waals surface area (Å²) in [6.45, 7) is 8.98. The maximum absolute atomic E-state index is 13.2. The second-order valence-electron chi connectivity index (χ2n) is 7.06. The molecular formula is C20H34FN5. The summed E-state index contributed by atoms with van der Waals surface area (Å²) in [5.74, 6) is 0.645. The normalized spacial score (nSPS) is 19.8. The Kier molecular flexibility index (Phi) is 8.32. The number of likely N-dealkylation sites (N-methyl/N-ethyl adjacent to an activating group) is 2. The third-order valence-corrected chi connectivity index (χ3v) is 5.06. The molecule has 0 bridgehead atoms. The molecule has 1 saturated heterocycles. The van der Waals surface area contributed by atoms with Gasteiger partial charge in [-0.15, -0.1) is 0 Å². The second kappa shape index (κ2) is 10.5. The van der Waals surface area contributed by atoms with E-state index in [2.05, 4.69) is 34.3 Å². The molecule has 146 valence electrons. The van der Waals surface area contributed by atoms with Crippen molar-refractivity contribution in [3.05, 3.63) is 35.6 Å². The number of nitrogens with one attached hydrogen (secondary N) is 2. The van der Waals surface area contributed by atoms with Crippen LogP contribution in [0.1, 0.15) is 38.3 Å². The molecule has 1 aliphatic heterocycles. The van der Waals surface area contributed by atoms with E-state index in [-0.39, 0.29) is 11.9 Å². The lowest BCUT2D eigenvalue weighted by Crippen LogP contribution is -2.45. The molecule has 0 aliphatic carbocycles. The van der Waals surface area contributed by atoms with E-state index in [9.17, 15) is 4.39 Å². The molecule has 0 amide bonds. The largest absolute Gasteiger partial charge is 0.357 e. The summed E-state index contributed by atoms with van der Waals surface area (Å²) in [5, 5.41) is 6.84. The minimum Gasteiger partial charge on any atom is -0.357 e. The van der Waals surface area contributed by atoms with E-state index in [4.69, 9.17) is 4.99 Å². The highest BCUT2D eigenvalue weighted by atomic mass is 19.1. The van der Waals surface area contributed by atoms with Gasteiger partial charge in [0.2, 0.25) is 0 Å². The minimum absolute atomic E-state index is 0.115. The van der Waals surface area contributed by atoms with Crippen LogP contribution in [0.3, 0.4) is 0 Å². The van der Waals surface area contributed by atoms with Gasteiger partial charge in [-0.25, -0.2) is 4.39 Å². The molecule has 5 nitrogen and oxygen atoms in total. The van der Waals surface area contributed by atoms with Crippen LogP contribution >= 0.6 is 0 Å². The van der Waals surface area contributed by atoms with Crippen LogP contribution in [0.15, 0.2) is 29.3 Å². The maximum Gasteiger partial charge on any atom is 0.191 e. The van der Waals surface area contributed by atoms with Crippen molar-refractivity contribution in [2.45, 2.75) is 38.8 Å². The molecule has 26 heavy (non-hydrogen) atoms. The quantitative estimate of drug-likeness (QED) is 0.550. The zero-order valence-electron chi connectivity index (χ0n) is 16.6. The Bertz CT molecular complexity index is 558. The lowest BCUT2D eigenvalue weighted by Gasteiger charge is -2.25. The number of aliphatic imine (C=N–C) groups is 1. The fourth-order valence-corrected chi connectivity index (χ4v) is 3.53. The predicted molar refractivity (Wildman–Crippen MR) is 107 cm³/mol. The van der Waals surface area contributed by atoms with Crippen LogP contribution in [-0.2, 0) is 0 Å². The van der Waals surface area contributed by atoms with Gasteiger partial charge >= 0.3 is 0 Å². The first-order chi connectivity index (χ1) is 12.5. The number of likely N-dealkylation sites (tertiary alicyclic amines) is 1. The van der Waals surface area contributed by atoms with Crippen LogP contribution in [0.25, 0.3) is 0 Å². The van der Waals surface area contributed by atoms with Crippen LogP contribution < -0.4 is 10.6 Å². The van der Waals surface area contributed by atoms with Gasteiger partial charge in [0.15, 0.2) is 5.96 Å². The van der Waals surface area contributed by atoms with E-state index in [0.29, 0.717) is 12.6 Å². The number of hydrogen-bond donors (Lipinski definition) is 2. The van der Waals surface area contributed by atoms with Gasteiger partial charge in [0.05, 0.1) is 12.6 Å². The molecule has 2 unspecified atom stereocenters. The highest BCUT2D eigenvalue weighted by Crippen LogP contribution is 2.19. The number of nitrogens with zero attached hydrogens (tertiary/aromatic N) is 3. The molecular weight excluding hydrogens is 329 g/mol. The van der Waals surface area contributed by atoms with E-state index in [1.165, 1.54) is 31.5 Å². The van der Waals surface area contributed by atoms with Crippen molar-refractivity contribution in [3.63, 3.8) is 0 Å². The summed E-state index contributed by atoms with van der Waals surface area (Å²) < 4.78 is 13.2. The topological polar surface area (TPSA) is 42.9 Å². The van der Waals surface area contributed by atoms with E-state index >= 15 is 0 Å². The van der Waals surface area contributed by atoms with Crippen molar-refractivity contribution in [3.8, 4) is 0 Å². The minimum atomic E-state index is -0.207. The van der Waals surface area contributed by atoms with Crippen LogP contribution in [0, 0.1) is 5.82 Å². The van der Waals surface area contributed by atoms with Crippen molar-refractivity contribution in [1.82, 2.24) is 20.4 Å². The van der Waals surface area contributed by atoms with E-state index < -0.39 is 0 Å². The fourth-order valence-electron chi connectivity index (χ4n) is 3.53. The van der Waals surface area contributed by atoms with Crippen molar-refractivity contribution < 1.29 is 4.39 Å². The molecule has 1 fully saturated rings. The van der Waals surface area contributed by atoms with Crippen LogP contribution in [0.2, 0.25) is 0 Å². The lowest BCUT2D eigenvalue weighted by molar-refractivity contribution is 0.266. The first-order valence-corrected chi connectivity index (χ1v) is 9.73. The van der Waals surface area contributed by atoms with E-state index in [1.807, 2.05) is 26.2 Å². The fraction of sp³-hybridized carbons (Fsp3) is 0.650. The van der Waals surface area contributed by atoms with Gasteiger partial charge in [-0.2, -0.15) is 0 Å². The second-order valence-corrected chi connectivity index (χ2v) is 7.06. The highest BCUT2D eigenvalue weighted by Gasteiger charge is 2.23. The third-order valence-electron chi connectivity index (χ3n) is 5.06. The molecule has 2 N–H and O–H groups in total. The first kappa shape index (κ1) is 20.6. The van der Waals surface area contributed by atoms with Gasteiger partial charge in [0.1, 0.15) is 5.82 Å². The van der Waals surface area contributed by atoms with Crippen LogP contribution in [-0.4, -0.2) is 68.6 Å². The van der Waals surface area contributed by atoms with Crippen molar-refractivity contribution in [1.29, 1.82) is 0 Å². The van der Waals surface area contributed by atoms with Crippen molar-refractivity contribution in [2.75, 3.05) is 46.8 Å². The SMILES string of the molecule is CCNC(=NCC(c1ccc(F)cc1)N(C)C)NCC1CCCN1CC. The van der Waals surface area contributed by atoms with E-state index in [0.717, 1.165) is 31.2 Å². The molecule has 1 heterocycles. The summed E-state index contributed by atoms with van der Waals surface area (Å²) in [7, 11) is 4.06. The number of benzene rings is 1. The molecule has 1 aliphatic rings. The highest BCUT2D eigenvalue weighted by molar-refractivity contribution is 5.79. The van der Waals surface area contributed by atoms with Gasteiger partial charge in [0.25, 0.3) is 0 Å². The van der Waals surface area contributed by atoms with Gasteiger partial charge in [-0.3, -0.25) is 9.89 Å². The molecule has 0 spiro atoms. The Labute approximate surface area is 157 Å². The van der Waals surface area contributed by atoms with Crippen molar-refractivity contribution in [2.24, 2.45) is 4.99 Å². The van der Waals surface area contributed by atoms with Gasteiger partial charge in [0, 0.05) is 19.1 Å². The summed E-state index contributed by atoms with van der Waals surface area (Å²) in [6, 6.07) is 7.41. The van der Waals surface area contributed by atoms with Gasteiger partial charge in [-0.1, -0.05) is 19.1 Å². The molecule has 1 aromatic rings. The van der Waals surface area contributed by atoms with E-state index in [1.54, 1.807) is 0 Å². The third kappa shape index (κ3) is 5.95. The zero-order valence-corrected chi connectivity index (χ0v) is 16.6. The first-order valence-electron chi connectivity index (χ1n) is 9.73. The Hall–Kier alpha value is -1.66. The molecule has 1 aromatic carbocycles. The molecule has 0 aromatic heterocycles. The zero-order chi connectivity index (χ0) is 18.9. The molecule has 2 rings (SSSR count). The predicted octanol–water partition coefficient (Wildman–Crippen LogP) is 2.47. The summed E-state index contributed by atoms with van der Waals surface area (Å²) >= 11 is 0. The monoisotopic (exact) mass is 363 g/mol. The standard InChI is InChI=1S/C20H34FN5/c1-5-22-20(23-14-18-8-7-13-26(18)6-2)24-15-19(25(3)4)16-9-11-17(21)12-10-16/h9-12,18-19H,5-8,13-15H2,1-4H3,(H2,22,23,24). The Morgan fingerprint density at radius 1 is 1.27 bits per heavy atom. The van der Waals surface area contributed by atoms with Gasteiger partial charge in [-0.05, 0) is 64.6 Å². The molecule has 0 radical (unpaired) electrons. The maximum atomic E-state index is 13.2. The Morgan fingerprint density at radius 3 is 2.62 bits per heavy atom. The van der Waals surface area contributed by atoms with Gasteiger partial charge < -0.3 is 15.5 Å². The number of halogens is 1. The van der Waals surface area contributed by atoms with Crippen LogP contribution in [0.5, 0.6) is 0 Å². The lowest BCUT2D eigenvalue weighted by atomic mass is 10.1. The number of hydrogen-bond acceptors (Lipinski definition) is 3. The van der Waals surface area contributed by atoms with Crippen molar-refractivity contribution >= 4 is 5.96 Å². The summed E-state index contributed by atoms with van der Waals surface area (Å²) in [6.07, 6.45) is 2.53. The molecule has 6 heteroatoms. The number of rotatable bonds is 8. The average Bonchev–Trinajstić information content (AvgIpc) is 3.08. The average molecular weight is 364 g/mol. The molecule has 0 saturated carbocycles. The summed E-state index contributed by atoms with van der Waals surface area (Å²) in [5.41, 5.74) is 1.07. The molecule has 2 atom stereocenters.